The second-order valence-electron chi connectivity index (χ2n) is 5.33. The van der Waals surface area contributed by atoms with Gasteiger partial charge in [-0.2, -0.15) is 11.8 Å². The molecule has 0 spiro atoms. The number of carbonyl (C=O) groups is 1. The lowest BCUT2D eigenvalue weighted by atomic mass is 9.75. The van der Waals surface area contributed by atoms with Crippen LogP contribution in [0, 0.1) is 0 Å². The first-order valence-electron chi connectivity index (χ1n) is 6.22. The quantitative estimate of drug-likeness (QED) is 0.788. The second kappa shape index (κ2) is 4.96. The first-order chi connectivity index (χ1) is 7.61. The molecule has 0 bridgehead atoms. The summed E-state index contributed by atoms with van der Waals surface area (Å²) in [6.07, 6.45) is 9.38. The predicted octanol–water partition coefficient (Wildman–Crippen LogP) is 1.66. The van der Waals surface area contributed by atoms with Crippen molar-refractivity contribution in [1.29, 1.82) is 0 Å². The molecule has 0 saturated heterocycles. The van der Waals surface area contributed by atoms with Crippen molar-refractivity contribution < 1.29 is 4.79 Å². The number of hydrogen-bond acceptors (Lipinski definition) is 3. The van der Waals surface area contributed by atoms with Crippen LogP contribution in [0.15, 0.2) is 0 Å². The largest absolute Gasteiger partial charge is 0.353 e. The zero-order valence-corrected chi connectivity index (χ0v) is 10.8. The average Bonchev–Trinajstić information content (AvgIpc) is 2.63. The fourth-order valence-corrected chi connectivity index (χ4v) is 3.49. The van der Waals surface area contributed by atoms with Gasteiger partial charge < -0.3 is 11.1 Å². The summed E-state index contributed by atoms with van der Waals surface area (Å²) in [4.78, 5) is 11.8. The van der Waals surface area contributed by atoms with Crippen LogP contribution in [0.2, 0.25) is 0 Å². The van der Waals surface area contributed by atoms with Gasteiger partial charge in [-0.05, 0) is 44.8 Å². The standard InChI is InChI=1S/C12H22N2OS/c1-16-10-4-3-9(7-10)14-11(15)8-12(13)5-2-6-12/h9-10H,2-8,13H2,1H3,(H,14,15). The summed E-state index contributed by atoms with van der Waals surface area (Å²) >= 11 is 1.92. The lowest BCUT2D eigenvalue weighted by Gasteiger charge is -2.37. The number of amides is 1. The Morgan fingerprint density at radius 1 is 1.50 bits per heavy atom. The molecule has 0 aromatic carbocycles. The molecule has 2 unspecified atom stereocenters. The molecule has 2 saturated carbocycles. The van der Waals surface area contributed by atoms with E-state index < -0.39 is 0 Å². The molecule has 2 aliphatic rings. The van der Waals surface area contributed by atoms with E-state index in [4.69, 9.17) is 5.73 Å². The Balaban J connectivity index is 1.71. The van der Waals surface area contributed by atoms with E-state index in [-0.39, 0.29) is 11.4 Å². The Morgan fingerprint density at radius 3 is 2.75 bits per heavy atom. The summed E-state index contributed by atoms with van der Waals surface area (Å²) in [5.74, 6) is 0.161. The van der Waals surface area contributed by atoms with E-state index in [1.54, 1.807) is 0 Å². The molecule has 0 aliphatic heterocycles. The molecule has 92 valence electrons. The maximum absolute atomic E-state index is 11.8. The summed E-state index contributed by atoms with van der Waals surface area (Å²) in [5, 5.41) is 3.87. The van der Waals surface area contributed by atoms with Crippen molar-refractivity contribution in [2.45, 2.75) is 61.8 Å². The molecule has 0 radical (unpaired) electrons. The topological polar surface area (TPSA) is 55.1 Å². The van der Waals surface area contributed by atoms with E-state index in [0.717, 1.165) is 30.9 Å². The summed E-state index contributed by atoms with van der Waals surface area (Å²) < 4.78 is 0. The van der Waals surface area contributed by atoms with Crippen LogP contribution in [-0.2, 0) is 4.79 Å². The fourth-order valence-electron chi connectivity index (χ4n) is 2.69. The highest BCUT2D eigenvalue weighted by molar-refractivity contribution is 7.99. The van der Waals surface area contributed by atoms with Gasteiger partial charge in [-0.1, -0.05) is 0 Å². The van der Waals surface area contributed by atoms with Crippen molar-refractivity contribution in [1.82, 2.24) is 5.32 Å². The zero-order chi connectivity index (χ0) is 11.6. The third-order valence-corrected chi connectivity index (χ3v) is 5.04. The highest BCUT2D eigenvalue weighted by Crippen LogP contribution is 2.32. The van der Waals surface area contributed by atoms with Gasteiger partial charge in [0.15, 0.2) is 0 Å². The van der Waals surface area contributed by atoms with Crippen molar-refractivity contribution in [2.24, 2.45) is 5.73 Å². The molecular formula is C12H22N2OS. The number of hydrogen-bond donors (Lipinski definition) is 2. The maximum atomic E-state index is 11.8. The molecule has 0 aromatic rings. The van der Waals surface area contributed by atoms with Crippen molar-refractivity contribution in [3.05, 3.63) is 0 Å². The van der Waals surface area contributed by atoms with Crippen LogP contribution in [0.5, 0.6) is 0 Å². The maximum Gasteiger partial charge on any atom is 0.222 e. The summed E-state index contributed by atoms with van der Waals surface area (Å²) in [7, 11) is 0. The molecule has 1 amide bonds. The second-order valence-corrected chi connectivity index (χ2v) is 6.47. The van der Waals surface area contributed by atoms with Crippen molar-refractivity contribution in [3.8, 4) is 0 Å². The monoisotopic (exact) mass is 242 g/mol. The van der Waals surface area contributed by atoms with E-state index in [1.807, 2.05) is 11.8 Å². The van der Waals surface area contributed by atoms with Crippen LogP contribution in [0.4, 0.5) is 0 Å². The molecule has 3 nitrogen and oxygen atoms in total. The Labute approximate surface area is 102 Å². The molecule has 2 atom stereocenters. The zero-order valence-electron chi connectivity index (χ0n) is 10.00. The van der Waals surface area contributed by atoms with E-state index in [9.17, 15) is 4.79 Å². The number of carbonyl (C=O) groups excluding carboxylic acids is 1. The minimum Gasteiger partial charge on any atom is -0.353 e. The van der Waals surface area contributed by atoms with Crippen molar-refractivity contribution >= 4 is 17.7 Å². The molecular weight excluding hydrogens is 220 g/mol. The SMILES string of the molecule is CSC1CCC(NC(=O)CC2(N)CCC2)C1. The van der Waals surface area contributed by atoms with Gasteiger partial charge in [0.05, 0.1) is 0 Å². The number of rotatable bonds is 4. The van der Waals surface area contributed by atoms with Gasteiger partial charge >= 0.3 is 0 Å². The molecule has 0 aromatic heterocycles. The van der Waals surface area contributed by atoms with Gasteiger partial charge in [-0.3, -0.25) is 4.79 Å². The molecule has 4 heteroatoms. The van der Waals surface area contributed by atoms with E-state index in [0.29, 0.717) is 12.5 Å². The minimum atomic E-state index is -0.179. The first kappa shape index (κ1) is 12.2. The number of nitrogens with two attached hydrogens (primary N) is 1. The highest BCUT2D eigenvalue weighted by Gasteiger charge is 2.35. The summed E-state index contributed by atoms with van der Waals surface area (Å²) in [5.41, 5.74) is 5.89. The van der Waals surface area contributed by atoms with E-state index in [2.05, 4.69) is 11.6 Å². The van der Waals surface area contributed by atoms with Crippen LogP contribution in [0.1, 0.15) is 44.9 Å². The predicted molar refractivity (Wildman–Crippen MR) is 68.5 cm³/mol. The molecule has 3 N–H and O–H groups in total. The van der Waals surface area contributed by atoms with Gasteiger partial charge in [0.1, 0.15) is 0 Å². The van der Waals surface area contributed by atoms with Gasteiger partial charge in [0.2, 0.25) is 5.91 Å². The Bertz CT molecular complexity index is 266. The molecule has 16 heavy (non-hydrogen) atoms. The Morgan fingerprint density at radius 2 is 2.25 bits per heavy atom. The highest BCUT2D eigenvalue weighted by atomic mass is 32.2. The van der Waals surface area contributed by atoms with Crippen LogP contribution < -0.4 is 11.1 Å². The number of nitrogens with one attached hydrogen (secondary N) is 1. The smallest absolute Gasteiger partial charge is 0.222 e. The van der Waals surface area contributed by atoms with E-state index in [1.165, 1.54) is 12.8 Å². The Kier molecular flexibility index (Phi) is 3.80. The average molecular weight is 242 g/mol. The number of thioether (sulfide) groups is 1. The van der Waals surface area contributed by atoms with Crippen LogP contribution >= 0.6 is 11.8 Å². The van der Waals surface area contributed by atoms with Crippen LogP contribution in [0.25, 0.3) is 0 Å². The van der Waals surface area contributed by atoms with Gasteiger partial charge in [0, 0.05) is 23.3 Å². The lowest BCUT2D eigenvalue weighted by Crippen LogP contribution is -2.50. The third kappa shape index (κ3) is 2.92. The lowest BCUT2D eigenvalue weighted by molar-refractivity contribution is -0.123. The van der Waals surface area contributed by atoms with E-state index >= 15 is 0 Å². The molecule has 2 fully saturated rings. The third-order valence-electron chi connectivity index (χ3n) is 3.94. The molecule has 2 rings (SSSR count). The summed E-state index contributed by atoms with van der Waals surface area (Å²) in [6.45, 7) is 0. The molecule has 2 aliphatic carbocycles. The van der Waals surface area contributed by atoms with Gasteiger partial charge in [0.25, 0.3) is 0 Å². The summed E-state index contributed by atoms with van der Waals surface area (Å²) in [6, 6.07) is 0.397. The van der Waals surface area contributed by atoms with Crippen molar-refractivity contribution in [3.63, 3.8) is 0 Å². The van der Waals surface area contributed by atoms with Crippen LogP contribution in [0.3, 0.4) is 0 Å². The van der Waals surface area contributed by atoms with Crippen molar-refractivity contribution in [2.75, 3.05) is 6.26 Å². The first-order valence-corrected chi connectivity index (χ1v) is 7.51. The fraction of sp³-hybridized carbons (Fsp3) is 0.917. The van der Waals surface area contributed by atoms with Gasteiger partial charge in [-0.15, -0.1) is 0 Å². The van der Waals surface area contributed by atoms with Crippen LogP contribution in [-0.4, -0.2) is 29.0 Å². The Hall–Kier alpha value is -0.220. The minimum absolute atomic E-state index is 0.161. The van der Waals surface area contributed by atoms with Gasteiger partial charge in [-0.25, -0.2) is 0 Å². The molecule has 0 heterocycles. The normalized spacial score (nSPS) is 32.1.